The van der Waals surface area contributed by atoms with E-state index in [9.17, 15) is 14.0 Å². The smallest absolute Gasteiger partial charge is 0.257 e. The summed E-state index contributed by atoms with van der Waals surface area (Å²) in [6, 6.07) is 12.9. The van der Waals surface area contributed by atoms with Gasteiger partial charge in [-0.3, -0.25) is 14.9 Å². The van der Waals surface area contributed by atoms with Crippen LogP contribution in [0.1, 0.15) is 22.8 Å². The van der Waals surface area contributed by atoms with Crippen LogP contribution in [0.2, 0.25) is 0 Å². The van der Waals surface area contributed by atoms with E-state index in [0.29, 0.717) is 26.5 Å². The van der Waals surface area contributed by atoms with Crippen LogP contribution in [0.4, 0.5) is 15.2 Å². The molecule has 27 heavy (non-hydrogen) atoms. The average molecular weight is 402 g/mol. The summed E-state index contributed by atoms with van der Waals surface area (Å²) in [5, 5.41) is 13.7. The fourth-order valence-corrected chi connectivity index (χ4v) is 3.86. The van der Waals surface area contributed by atoms with Crippen LogP contribution in [-0.2, 0) is 10.5 Å². The molecular weight excluding hydrogens is 387 g/mol. The first kappa shape index (κ1) is 19.0. The summed E-state index contributed by atoms with van der Waals surface area (Å²) in [5.74, 6) is -0.193. The molecule has 2 aromatic carbocycles. The van der Waals surface area contributed by atoms with E-state index < -0.39 is 0 Å². The maximum Gasteiger partial charge on any atom is 0.257 e. The molecule has 0 radical (unpaired) electrons. The monoisotopic (exact) mass is 402 g/mol. The quantitative estimate of drug-likeness (QED) is 0.477. The van der Waals surface area contributed by atoms with Crippen molar-refractivity contribution in [1.29, 1.82) is 0 Å². The van der Waals surface area contributed by atoms with Gasteiger partial charge in [0.05, 0.1) is 0 Å². The number of rotatable bonds is 6. The van der Waals surface area contributed by atoms with Crippen LogP contribution in [0.3, 0.4) is 0 Å². The summed E-state index contributed by atoms with van der Waals surface area (Å²) in [6.45, 7) is 1.40. The van der Waals surface area contributed by atoms with Crippen LogP contribution < -0.4 is 10.6 Å². The second-order valence-corrected chi connectivity index (χ2v) is 7.70. The molecule has 3 rings (SSSR count). The highest BCUT2D eigenvalue weighted by Gasteiger charge is 2.11. The summed E-state index contributed by atoms with van der Waals surface area (Å²) in [4.78, 5) is 23.5. The maximum absolute atomic E-state index is 12.9. The van der Waals surface area contributed by atoms with Gasteiger partial charge in [-0.1, -0.05) is 41.3 Å². The molecule has 6 nitrogen and oxygen atoms in total. The molecule has 1 aromatic heterocycles. The SMILES string of the molecule is CC(=O)Nc1cccc(C(=O)Nc2nnc(SCc3ccc(F)cc3)s2)c1. The van der Waals surface area contributed by atoms with E-state index in [1.807, 2.05) is 0 Å². The minimum absolute atomic E-state index is 0.209. The standard InChI is InChI=1S/C18H15FN4O2S2/c1-11(24)20-15-4-2-3-13(9-15)16(25)21-17-22-23-18(27-17)26-10-12-5-7-14(19)8-6-12/h2-9H,10H2,1H3,(H,20,24)(H,21,22,25). The second kappa shape index (κ2) is 8.74. The van der Waals surface area contributed by atoms with E-state index in [0.717, 1.165) is 5.56 Å². The molecule has 0 bridgehead atoms. The average Bonchev–Trinajstić information content (AvgIpc) is 3.08. The first-order valence-electron chi connectivity index (χ1n) is 7.89. The molecule has 138 valence electrons. The largest absolute Gasteiger partial charge is 0.326 e. The number of amides is 2. The Balaban J connectivity index is 1.59. The Labute approximate surface area is 163 Å². The number of nitrogens with zero attached hydrogens (tertiary/aromatic N) is 2. The van der Waals surface area contributed by atoms with Crippen molar-refractivity contribution in [1.82, 2.24) is 10.2 Å². The van der Waals surface area contributed by atoms with Gasteiger partial charge in [-0.25, -0.2) is 4.39 Å². The number of aromatic nitrogens is 2. The number of carbonyl (C=O) groups excluding carboxylic acids is 2. The van der Waals surface area contributed by atoms with Crippen molar-refractivity contribution in [3.63, 3.8) is 0 Å². The van der Waals surface area contributed by atoms with Gasteiger partial charge >= 0.3 is 0 Å². The lowest BCUT2D eigenvalue weighted by atomic mass is 10.2. The molecule has 0 aliphatic heterocycles. The Morgan fingerprint density at radius 1 is 1.11 bits per heavy atom. The summed E-state index contributed by atoms with van der Waals surface area (Å²) < 4.78 is 13.6. The fraction of sp³-hybridized carbons (Fsp3) is 0.111. The van der Waals surface area contributed by atoms with Gasteiger partial charge in [-0.05, 0) is 35.9 Å². The second-order valence-electron chi connectivity index (χ2n) is 5.50. The van der Waals surface area contributed by atoms with Gasteiger partial charge in [0.2, 0.25) is 11.0 Å². The minimum atomic E-state index is -0.339. The topological polar surface area (TPSA) is 84.0 Å². The highest BCUT2D eigenvalue weighted by Crippen LogP contribution is 2.28. The highest BCUT2D eigenvalue weighted by molar-refractivity contribution is 8.00. The van der Waals surface area contributed by atoms with Gasteiger partial charge < -0.3 is 5.32 Å². The van der Waals surface area contributed by atoms with Gasteiger partial charge in [0, 0.05) is 23.9 Å². The van der Waals surface area contributed by atoms with Gasteiger partial charge in [-0.2, -0.15) is 0 Å². The number of halogens is 1. The minimum Gasteiger partial charge on any atom is -0.326 e. The zero-order valence-electron chi connectivity index (χ0n) is 14.2. The zero-order chi connectivity index (χ0) is 19.2. The van der Waals surface area contributed by atoms with Crippen molar-refractivity contribution in [3.8, 4) is 0 Å². The van der Waals surface area contributed by atoms with E-state index in [4.69, 9.17) is 0 Å². The lowest BCUT2D eigenvalue weighted by Gasteiger charge is -2.05. The molecule has 0 fully saturated rings. The maximum atomic E-state index is 12.9. The van der Waals surface area contributed by atoms with Crippen LogP contribution >= 0.6 is 23.1 Å². The van der Waals surface area contributed by atoms with Gasteiger partial charge in [0.15, 0.2) is 4.34 Å². The molecule has 0 atom stereocenters. The summed E-state index contributed by atoms with van der Waals surface area (Å²) >= 11 is 2.71. The molecule has 0 unspecified atom stereocenters. The van der Waals surface area contributed by atoms with E-state index in [2.05, 4.69) is 20.8 Å². The molecule has 0 aliphatic carbocycles. The van der Waals surface area contributed by atoms with Gasteiger partial charge in [0.1, 0.15) is 5.82 Å². The number of thioether (sulfide) groups is 1. The summed E-state index contributed by atoms with van der Waals surface area (Å²) in [5.41, 5.74) is 1.91. The Hall–Kier alpha value is -2.78. The Morgan fingerprint density at radius 2 is 1.89 bits per heavy atom. The third-order valence-corrected chi connectivity index (χ3v) is 5.39. The normalized spacial score (nSPS) is 10.4. The van der Waals surface area contributed by atoms with Crippen molar-refractivity contribution in [2.45, 2.75) is 17.0 Å². The molecule has 2 N–H and O–H groups in total. The Bertz CT molecular complexity index is 960. The van der Waals surface area contributed by atoms with Crippen LogP contribution in [0.5, 0.6) is 0 Å². The molecule has 3 aromatic rings. The van der Waals surface area contributed by atoms with Crippen molar-refractivity contribution in [2.75, 3.05) is 10.6 Å². The third kappa shape index (κ3) is 5.60. The van der Waals surface area contributed by atoms with Crippen molar-refractivity contribution in [3.05, 3.63) is 65.5 Å². The fourth-order valence-electron chi connectivity index (χ4n) is 2.16. The number of hydrogen-bond acceptors (Lipinski definition) is 6. The van der Waals surface area contributed by atoms with E-state index >= 15 is 0 Å². The van der Waals surface area contributed by atoms with Crippen molar-refractivity contribution < 1.29 is 14.0 Å². The molecule has 0 spiro atoms. The molecule has 0 saturated carbocycles. The van der Waals surface area contributed by atoms with E-state index in [1.54, 1.807) is 36.4 Å². The van der Waals surface area contributed by atoms with Crippen LogP contribution in [0.25, 0.3) is 0 Å². The Kier molecular flexibility index (Phi) is 6.15. The first-order chi connectivity index (χ1) is 13.0. The van der Waals surface area contributed by atoms with Gasteiger partial charge in [-0.15, -0.1) is 10.2 Å². The van der Waals surface area contributed by atoms with Crippen LogP contribution in [0.15, 0.2) is 52.9 Å². The zero-order valence-corrected chi connectivity index (χ0v) is 15.9. The lowest BCUT2D eigenvalue weighted by molar-refractivity contribution is -0.114. The predicted molar refractivity (Wildman–Crippen MR) is 105 cm³/mol. The molecule has 0 saturated heterocycles. The first-order valence-corrected chi connectivity index (χ1v) is 9.69. The van der Waals surface area contributed by atoms with E-state index in [-0.39, 0.29) is 17.6 Å². The van der Waals surface area contributed by atoms with Crippen LogP contribution in [-0.4, -0.2) is 22.0 Å². The third-order valence-electron chi connectivity index (χ3n) is 3.35. The summed E-state index contributed by atoms with van der Waals surface area (Å²) in [6.07, 6.45) is 0. The Morgan fingerprint density at radius 3 is 2.63 bits per heavy atom. The molecule has 9 heteroatoms. The molecule has 0 aliphatic rings. The number of nitrogens with one attached hydrogen (secondary N) is 2. The van der Waals surface area contributed by atoms with Crippen molar-refractivity contribution >= 4 is 45.7 Å². The van der Waals surface area contributed by atoms with Crippen molar-refractivity contribution in [2.24, 2.45) is 0 Å². The van der Waals surface area contributed by atoms with Gasteiger partial charge in [0.25, 0.3) is 5.91 Å². The molecule has 1 heterocycles. The number of benzene rings is 2. The number of anilines is 2. The number of carbonyl (C=O) groups is 2. The lowest BCUT2D eigenvalue weighted by Crippen LogP contribution is -2.13. The van der Waals surface area contributed by atoms with E-state index in [1.165, 1.54) is 42.2 Å². The highest BCUT2D eigenvalue weighted by atomic mass is 32.2. The summed E-state index contributed by atoms with van der Waals surface area (Å²) in [7, 11) is 0. The number of hydrogen-bond donors (Lipinski definition) is 2. The molecular formula is C18H15FN4O2S2. The van der Waals surface area contributed by atoms with Crippen LogP contribution in [0, 0.1) is 5.82 Å². The molecule has 2 amide bonds. The predicted octanol–water partition coefficient (Wildman–Crippen LogP) is 4.18.